The molecule has 20 heavy (non-hydrogen) atoms. The van der Waals surface area contributed by atoms with E-state index in [1.54, 1.807) is 0 Å². The van der Waals surface area contributed by atoms with E-state index in [-0.39, 0.29) is 17.7 Å². The van der Waals surface area contributed by atoms with Crippen molar-refractivity contribution in [3.8, 4) is 0 Å². The minimum atomic E-state index is 0.169. The summed E-state index contributed by atoms with van der Waals surface area (Å²) < 4.78 is 0. The van der Waals surface area contributed by atoms with Gasteiger partial charge in [-0.3, -0.25) is 21.3 Å². The number of nitrogens with one attached hydrogen (secondary N) is 4. The third-order valence-corrected chi connectivity index (χ3v) is 4.15. The Bertz CT molecular complexity index is 432. The standard InChI is InChI=1S/C16H26N4/c1-16(2,3)13-9-11(14-17-4-5-18-14)8-12(10-13)15-19-6-7-20-15/h8-10,14-15,17-20H,4-7H2,1-3H3. The fourth-order valence-electron chi connectivity index (χ4n) is 2.92. The van der Waals surface area contributed by atoms with Crippen LogP contribution >= 0.6 is 0 Å². The molecule has 0 aliphatic carbocycles. The zero-order valence-electron chi connectivity index (χ0n) is 12.7. The second-order valence-corrected chi connectivity index (χ2v) is 6.82. The molecule has 0 amide bonds. The Hall–Kier alpha value is -0.940. The molecule has 2 heterocycles. The maximum atomic E-state index is 3.52. The van der Waals surface area contributed by atoms with Crippen LogP contribution in [0.4, 0.5) is 0 Å². The van der Waals surface area contributed by atoms with Crippen LogP contribution in [0.15, 0.2) is 18.2 Å². The number of benzene rings is 1. The molecule has 2 aliphatic heterocycles. The molecule has 0 aromatic heterocycles. The Morgan fingerprint density at radius 1 is 0.750 bits per heavy atom. The summed E-state index contributed by atoms with van der Waals surface area (Å²) in [6, 6.07) is 7.00. The topological polar surface area (TPSA) is 48.1 Å². The fraction of sp³-hybridized carbons (Fsp3) is 0.625. The van der Waals surface area contributed by atoms with Crippen molar-refractivity contribution in [2.75, 3.05) is 26.2 Å². The highest BCUT2D eigenvalue weighted by molar-refractivity contribution is 5.37. The summed E-state index contributed by atoms with van der Waals surface area (Å²) in [5.74, 6) is 0. The van der Waals surface area contributed by atoms with Crippen molar-refractivity contribution in [1.82, 2.24) is 21.3 Å². The van der Waals surface area contributed by atoms with Gasteiger partial charge >= 0.3 is 0 Å². The van der Waals surface area contributed by atoms with Gasteiger partial charge in [0.15, 0.2) is 0 Å². The molecular weight excluding hydrogens is 248 g/mol. The van der Waals surface area contributed by atoms with Crippen LogP contribution in [0.1, 0.15) is 49.8 Å². The second kappa shape index (κ2) is 5.45. The van der Waals surface area contributed by atoms with E-state index in [1.165, 1.54) is 16.7 Å². The molecule has 2 fully saturated rings. The molecule has 0 atom stereocenters. The Morgan fingerprint density at radius 3 is 1.50 bits per heavy atom. The highest BCUT2D eigenvalue weighted by atomic mass is 15.2. The van der Waals surface area contributed by atoms with Gasteiger partial charge in [-0.05, 0) is 28.2 Å². The summed E-state index contributed by atoms with van der Waals surface area (Å²) in [5.41, 5.74) is 4.26. The molecule has 0 radical (unpaired) electrons. The van der Waals surface area contributed by atoms with E-state index < -0.39 is 0 Å². The predicted octanol–water partition coefficient (Wildman–Crippen LogP) is 1.37. The van der Waals surface area contributed by atoms with Crippen LogP contribution in [0.25, 0.3) is 0 Å². The van der Waals surface area contributed by atoms with Crippen molar-refractivity contribution in [2.24, 2.45) is 0 Å². The first-order valence-electron chi connectivity index (χ1n) is 7.63. The lowest BCUT2D eigenvalue weighted by Crippen LogP contribution is -2.26. The third kappa shape index (κ3) is 2.88. The van der Waals surface area contributed by atoms with Crippen LogP contribution in [-0.2, 0) is 5.41 Å². The molecule has 1 aromatic carbocycles. The van der Waals surface area contributed by atoms with Crippen LogP contribution in [0.2, 0.25) is 0 Å². The molecule has 4 heteroatoms. The number of rotatable bonds is 2. The monoisotopic (exact) mass is 274 g/mol. The smallest absolute Gasteiger partial charge is 0.0836 e. The molecule has 4 N–H and O–H groups in total. The lowest BCUT2D eigenvalue weighted by Gasteiger charge is -2.24. The lowest BCUT2D eigenvalue weighted by atomic mass is 9.84. The lowest BCUT2D eigenvalue weighted by molar-refractivity contribution is 0.552. The molecule has 3 rings (SSSR count). The fourth-order valence-corrected chi connectivity index (χ4v) is 2.92. The van der Waals surface area contributed by atoms with Crippen molar-refractivity contribution in [2.45, 2.75) is 38.5 Å². The van der Waals surface area contributed by atoms with E-state index in [4.69, 9.17) is 0 Å². The molecule has 0 saturated carbocycles. The van der Waals surface area contributed by atoms with Crippen molar-refractivity contribution in [3.05, 3.63) is 34.9 Å². The predicted molar refractivity (Wildman–Crippen MR) is 82.6 cm³/mol. The minimum Gasteiger partial charge on any atom is -0.297 e. The highest BCUT2D eigenvalue weighted by Crippen LogP contribution is 2.29. The highest BCUT2D eigenvalue weighted by Gasteiger charge is 2.23. The summed E-state index contributed by atoms with van der Waals surface area (Å²) in [4.78, 5) is 0. The van der Waals surface area contributed by atoms with Crippen molar-refractivity contribution < 1.29 is 0 Å². The summed E-state index contributed by atoms with van der Waals surface area (Å²) in [7, 11) is 0. The van der Waals surface area contributed by atoms with Gasteiger partial charge < -0.3 is 0 Å². The zero-order valence-corrected chi connectivity index (χ0v) is 12.7. The van der Waals surface area contributed by atoms with E-state index in [9.17, 15) is 0 Å². The number of hydrogen-bond donors (Lipinski definition) is 4. The Kier molecular flexibility index (Phi) is 3.82. The first-order chi connectivity index (χ1) is 9.54. The molecule has 2 aliphatic rings. The zero-order chi connectivity index (χ0) is 14.2. The van der Waals surface area contributed by atoms with Gasteiger partial charge in [-0.15, -0.1) is 0 Å². The van der Waals surface area contributed by atoms with Gasteiger partial charge in [-0.1, -0.05) is 32.9 Å². The van der Waals surface area contributed by atoms with Gasteiger partial charge in [0.2, 0.25) is 0 Å². The summed E-state index contributed by atoms with van der Waals surface area (Å²) in [6.07, 6.45) is 0.579. The van der Waals surface area contributed by atoms with Gasteiger partial charge in [-0.25, -0.2) is 0 Å². The molecule has 110 valence electrons. The molecule has 1 aromatic rings. The number of hydrogen-bond acceptors (Lipinski definition) is 4. The molecular formula is C16H26N4. The van der Waals surface area contributed by atoms with Crippen LogP contribution < -0.4 is 21.3 Å². The van der Waals surface area contributed by atoms with Gasteiger partial charge in [0.1, 0.15) is 0 Å². The van der Waals surface area contributed by atoms with Crippen LogP contribution in [0.3, 0.4) is 0 Å². The van der Waals surface area contributed by atoms with E-state index in [0.717, 1.165) is 26.2 Å². The van der Waals surface area contributed by atoms with Gasteiger partial charge in [0, 0.05) is 26.2 Å². The maximum Gasteiger partial charge on any atom is 0.0836 e. The average molecular weight is 274 g/mol. The van der Waals surface area contributed by atoms with Gasteiger partial charge in [0.25, 0.3) is 0 Å². The third-order valence-electron chi connectivity index (χ3n) is 4.15. The van der Waals surface area contributed by atoms with Crippen molar-refractivity contribution >= 4 is 0 Å². The molecule has 4 nitrogen and oxygen atoms in total. The van der Waals surface area contributed by atoms with E-state index in [2.05, 4.69) is 60.2 Å². The van der Waals surface area contributed by atoms with Crippen molar-refractivity contribution in [1.29, 1.82) is 0 Å². The van der Waals surface area contributed by atoms with Gasteiger partial charge in [-0.2, -0.15) is 0 Å². The SMILES string of the molecule is CC(C)(C)c1cc(C2NCCN2)cc(C2NCCN2)c1. The minimum absolute atomic E-state index is 0.169. The summed E-state index contributed by atoms with van der Waals surface area (Å²) in [6.45, 7) is 11.0. The maximum absolute atomic E-state index is 3.52. The summed E-state index contributed by atoms with van der Waals surface area (Å²) in [5, 5.41) is 14.1. The largest absolute Gasteiger partial charge is 0.297 e. The van der Waals surface area contributed by atoms with Crippen LogP contribution in [0.5, 0.6) is 0 Å². The first kappa shape index (κ1) is 14.0. The normalized spacial score (nSPS) is 21.8. The van der Waals surface area contributed by atoms with E-state index in [1.807, 2.05) is 0 Å². The Labute approximate surface area is 121 Å². The van der Waals surface area contributed by atoms with E-state index >= 15 is 0 Å². The Morgan fingerprint density at radius 2 is 1.15 bits per heavy atom. The van der Waals surface area contributed by atoms with E-state index in [0.29, 0.717) is 0 Å². The Balaban J connectivity index is 1.98. The molecule has 0 spiro atoms. The molecule has 2 saturated heterocycles. The quantitative estimate of drug-likeness (QED) is 0.658. The van der Waals surface area contributed by atoms with Gasteiger partial charge in [0.05, 0.1) is 12.3 Å². The van der Waals surface area contributed by atoms with Crippen LogP contribution in [0, 0.1) is 0 Å². The second-order valence-electron chi connectivity index (χ2n) is 6.82. The molecule has 0 unspecified atom stereocenters. The van der Waals surface area contributed by atoms with Crippen LogP contribution in [-0.4, -0.2) is 26.2 Å². The van der Waals surface area contributed by atoms with Crippen molar-refractivity contribution in [3.63, 3.8) is 0 Å². The molecule has 0 bridgehead atoms. The average Bonchev–Trinajstić information content (AvgIpc) is 3.10. The first-order valence-corrected chi connectivity index (χ1v) is 7.63. The summed E-state index contributed by atoms with van der Waals surface area (Å²) >= 11 is 0.